The van der Waals surface area contributed by atoms with Crippen molar-refractivity contribution < 1.29 is 0 Å². The number of para-hydroxylation sites is 4. The van der Waals surface area contributed by atoms with E-state index in [1.807, 2.05) is 0 Å². The Morgan fingerprint density at radius 3 is 0.703 bits per heavy atom. The molecule has 0 aliphatic carbocycles. The first-order chi connectivity index (χ1) is 63.4. The maximum absolute atomic E-state index is 5.39. The highest BCUT2D eigenvalue weighted by Gasteiger charge is 2.24. The van der Waals surface area contributed by atoms with Gasteiger partial charge in [0, 0.05) is 76.7 Å². The molecule has 8 nitrogen and oxygen atoms in total. The van der Waals surface area contributed by atoms with E-state index in [0.29, 0.717) is 11.9 Å². The molecule has 0 unspecified atom stereocenters. The third-order valence-corrected chi connectivity index (χ3v) is 26.3. The van der Waals surface area contributed by atoms with E-state index in [4.69, 9.17) is 19.9 Å². The first kappa shape index (κ1) is 72.4. The fourth-order valence-corrected chi connectivity index (χ4v) is 20.1. The minimum atomic E-state index is 0.638. The molecule has 0 saturated heterocycles. The molecule has 0 saturated carbocycles. The predicted octanol–water partition coefficient (Wildman–Crippen LogP) is 31.4. The molecular weight excluding hydrogens is 1550 g/mol. The Morgan fingerprint density at radius 2 is 0.352 bits per heavy atom. The van der Waals surface area contributed by atoms with Crippen molar-refractivity contribution in [3.8, 4) is 90.6 Å². The molecule has 8 heteroatoms. The molecule has 6 aromatic heterocycles. The van der Waals surface area contributed by atoms with Gasteiger partial charge in [0.25, 0.3) is 0 Å². The van der Waals surface area contributed by atoms with Crippen LogP contribution in [0.25, 0.3) is 253 Å². The van der Waals surface area contributed by atoms with Gasteiger partial charge in [0.2, 0.25) is 11.9 Å². The Hall–Kier alpha value is -17.2. The van der Waals surface area contributed by atoms with Crippen molar-refractivity contribution in [2.45, 2.75) is 0 Å². The van der Waals surface area contributed by atoms with Gasteiger partial charge in [-0.1, -0.05) is 315 Å². The number of rotatable bonds is 10. The first-order valence-electron chi connectivity index (χ1n) is 43.7. The van der Waals surface area contributed by atoms with Crippen LogP contribution in [0.5, 0.6) is 0 Å². The van der Waals surface area contributed by atoms with Crippen LogP contribution in [-0.4, -0.2) is 38.2 Å². The number of benzene rings is 21. The second-order valence-electron chi connectivity index (χ2n) is 33.7. The smallest absolute Gasteiger partial charge is 0.235 e. The zero-order valence-corrected chi connectivity index (χ0v) is 69.3. The van der Waals surface area contributed by atoms with Gasteiger partial charge in [-0.3, -0.25) is 9.13 Å². The zero-order chi connectivity index (χ0) is 84.0. The van der Waals surface area contributed by atoms with Crippen LogP contribution >= 0.6 is 0 Å². The van der Waals surface area contributed by atoms with Gasteiger partial charge in [0.1, 0.15) is 0 Å². The average molecular weight is 1630 g/mol. The van der Waals surface area contributed by atoms with Gasteiger partial charge in [-0.15, -0.1) is 0 Å². The first-order valence-corrected chi connectivity index (χ1v) is 43.7. The van der Waals surface area contributed by atoms with Gasteiger partial charge in [-0.25, -0.2) is 19.9 Å². The summed E-state index contributed by atoms with van der Waals surface area (Å²) in [6, 6.07) is 162. The quantitative estimate of drug-likeness (QED) is 0.128. The molecule has 6 heterocycles. The molecule has 0 atom stereocenters. The summed E-state index contributed by atoms with van der Waals surface area (Å²) in [6.07, 6.45) is 0. The van der Waals surface area contributed by atoms with Crippen molar-refractivity contribution in [3.05, 3.63) is 449 Å². The molecule has 0 bridgehead atoms. The second-order valence-corrected chi connectivity index (χ2v) is 33.7. The molecule has 0 amide bonds. The van der Waals surface area contributed by atoms with Crippen LogP contribution in [0, 0.1) is 0 Å². The highest BCUT2D eigenvalue weighted by atomic mass is 15.2. The van der Waals surface area contributed by atoms with Crippen molar-refractivity contribution in [1.82, 2.24) is 38.2 Å². The molecule has 0 N–H and O–H groups in total. The lowest BCUT2D eigenvalue weighted by atomic mass is 10.0. The van der Waals surface area contributed by atoms with Crippen LogP contribution in [0.2, 0.25) is 0 Å². The van der Waals surface area contributed by atoms with E-state index in [0.717, 1.165) is 111 Å². The lowest BCUT2D eigenvalue weighted by Gasteiger charge is -2.13. The summed E-state index contributed by atoms with van der Waals surface area (Å²) in [6.45, 7) is 0. The van der Waals surface area contributed by atoms with E-state index >= 15 is 0 Å². The third kappa shape index (κ3) is 12.1. The molecular formula is C120H74N8. The van der Waals surface area contributed by atoms with Gasteiger partial charge in [0.15, 0.2) is 0 Å². The van der Waals surface area contributed by atoms with E-state index in [2.05, 4.69) is 467 Å². The Balaban J connectivity index is 0.000000136. The van der Waals surface area contributed by atoms with Crippen molar-refractivity contribution >= 4 is 163 Å². The van der Waals surface area contributed by atoms with Crippen LogP contribution in [0.15, 0.2) is 449 Å². The SMILES string of the molecule is c1ccc2cc(-c3cc(-c4ccc5ccccc5c4)nc(-n4c5ccccc5c5cc(-c6ccc7c(c6)c6ccccc6n7-c6ccc7c(ccc8ccccc87)c6)ccc54)n3)ccc2c1.c1ccc2cc(-c3cc(-c4ccc5ccccc5c4)nc(-n4c5ccccc5c5cc(-c6ccc7c(c6)c6ccccc6n7-c6ccc7ccccc7c6)ccc54)n3)ccc2c1. The standard InChI is InChI=1S/C62H38N4.C58H36N4/c1-3-14-42-33-47(25-21-39(42)11-1)56-38-57(48-26-22-40-12-2-4-15-43(40)34-48)64-62(63-56)66-59-20-10-8-18-53(59)55-37-45(28-32-61(55)66)44-27-31-60-54(36-44)52-17-7-9-19-58(52)65(60)49-29-30-51-46(35-49)24-23-41-13-5-6-16-50(41)51;1-4-14-40-31-45(23-21-37(40)11-1)52-36-53(46-24-22-38-12-2-5-15-41(38)32-46)60-58(59-52)62-55-20-10-8-18-49(55)51-35-44(27-30-57(51)62)43-26-29-56-50(34-43)48-17-7-9-19-54(48)61(56)47-28-25-39-13-3-6-16-42(39)33-47/h1-38H;1-36H. The Labute approximate surface area is 735 Å². The van der Waals surface area contributed by atoms with Crippen molar-refractivity contribution in [1.29, 1.82) is 0 Å². The Kier molecular flexibility index (Phi) is 16.6. The number of aromatic nitrogens is 8. The molecule has 0 fully saturated rings. The fraction of sp³-hybridized carbons (Fsp3) is 0. The molecule has 0 radical (unpaired) electrons. The normalized spacial score (nSPS) is 11.9. The summed E-state index contributed by atoms with van der Waals surface area (Å²) >= 11 is 0. The predicted molar refractivity (Wildman–Crippen MR) is 537 cm³/mol. The van der Waals surface area contributed by atoms with Crippen LogP contribution in [0.1, 0.15) is 0 Å². The highest BCUT2D eigenvalue weighted by Crippen LogP contribution is 2.44. The molecule has 0 aliphatic heterocycles. The lowest BCUT2D eigenvalue weighted by molar-refractivity contribution is 0.995. The number of nitrogens with zero attached hydrogens (tertiary/aromatic N) is 8. The summed E-state index contributed by atoms with van der Waals surface area (Å²) in [5.74, 6) is 1.28. The summed E-state index contributed by atoms with van der Waals surface area (Å²) in [5, 5.41) is 26.6. The van der Waals surface area contributed by atoms with Gasteiger partial charge in [-0.2, -0.15) is 0 Å². The maximum atomic E-state index is 5.39. The van der Waals surface area contributed by atoms with E-state index in [9.17, 15) is 0 Å². The molecule has 594 valence electrons. The fourth-order valence-electron chi connectivity index (χ4n) is 20.1. The van der Waals surface area contributed by atoms with E-state index in [1.165, 1.54) is 130 Å². The number of hydrogen-bond acceptors (Lipinski definition) is 4. The molecule has 0 aliphatic rings. The number of fused-ring (bicyclic) bond motifs is 20. The minimum Gasteiger partial charge on any atom is -0.309 e. The van der Waals surface area contributed by atoms with Crippen LogP contribution in [0.4, 0.5) is 0 Å². The summed E-state index contributed by atoms with van der Waals surface area (Å²) in [7, 11) is 0. The third-order valence-electron chi connectivity index (χ3n) is 26.3. The van der Waals surface area contributed by atoms with Crippen LogP contribution in [0.3, 0.4) is 0 Å². The van der Waals surface area contributed by atoms with Crippen molar-refractivity contribution in [2.75, 3.05) is 0 Å². The molecule has 128 heavy (non-hydrogen) atoms. The summed E-state index contributed by atoms with van der Waals surface area (Å²) in [5.41, 5.74) is 23.7. The van der Waals surface area contributed by atoms with Crippen LogP contribution < -0.4 is 0 Å². The molecule has 27 aromatic rings. The molecule has 27 rings (SSSR count). The van der Waals surface area contributed by atoms with Gasteiger partial charge < -0.3 is 9.13 Å². The minimum absolute atomic E-state index is 0.638. The van der Waals surface area contributed by atoms with Crippen LogP contribution in [-0.2, 0) is 0 Å². The number of hydrogen-bond donors (Lipinski definition) is 0. The van der Waals surface area contributed by atoms with E-state index in [1.54, 1.807) is 0 Å². The van der Waals surface area contributed by atoms with Crippen molar-refractivity contribution in [3.63, 3.8) is 0 Å². The van der Waals surface area contributed by atoms with E-state index < -0.39 is 0 Å². The highest BCUT2D eigenvalue weighted by molar-refractivity contribution is 6.16. The summed E-state index contributed by atoms with van der Waals surface area (Å²) in [4.78, 5) is 21.5. The van der Waals surface area contributed by atoms with Crippen molar-refractivity contribution in [2.24, 2.45) is 0 Å². The van der Waals surface area contributed by atoms with Gasteiger partial charge >= 0.3 is 0 Å². The molecule has 21 aromatic carbocycles. The Morgan fingerprint density at radius 1 is 0.125 bits per heavy atom. The molecule has 0 spiro atoms. The lowest BCUT2D eigenvalue weighted by Crippen LogP contribution is -2.04. The van der Waals surface area contributed by atoms with E-state index in [-0.39, 0.29) is 0 Å². The monoisotopic (exact) mass is 1630 g/mol. The van der Waals surface area contributed by atoms with Gasteiger partial charge in [0.05, 0.1) is 66.9 Å². The van der Waals surface area contributed by atoms with Gasteiger partial charge in [-0.05, 0) is 231 Å². The topological polar surface area (TPSA) is 71.3 Å². The summed E-state index contributed by atoms with van der Waals surface area (Å²) < 4.78 is 9.30. The average Bonchev–Trinajstić information content (AvgIpc) is 1.58. The zero-order valence-electron chi connectivity index (χ0n) is 69.3. The maximum Gasteiger partial charge on any atom is 0.235 e. The Bertz CT molecular complexity index is 9130. The second kappa shape index (κ2) is 29.2. The largest absolute Gasteiger partial charge is 0.309 e.